The van der Waals surface area contributed by atoms with E-state index in [0.29, 0.717) is 13.0 Å². The molecule has 0 bridgehead atoms. The molecule has 0 aliphatic heterocycles. The van der Waals surface area contributed by atoms with Gasteiger partial charge < -0.3 is 10.1 Å². The lowest BCUT2D eigenvalue weighted by Crippen LogP contribution is -2.32. The van der Waals surface area contributed by atoms with Crippen LogP contribution in [0.1, 0.15) is 27.1 Å². The Morgan fingerprint density at radius 3 is 2.65 bits per heavy atom. The van der Waals surface area contributed by atoms with Crippen molar-refractivity contribution in [2.75, 3.05) is 13.7 Å². The molecule has 0 spiro atoms. The molecule has 1 atom stereocenters. The molecule has 1 unspecified atom stereocenters. The predicted octanol–water partition coefficient (Wildman–Crippen LogP) is 4.21. The van der Waals surface area contributed by atoms with Crippen LogP contribution in [0.2, 0.25) is 0 Å². The largest absolute Gasteiger partial charge is 0.497 e. The summed E-state index contributed by atoms with van der Waals surface area (Å²) in [7, 11) is 1.64. The first-order chi connectivity index (χ1) is 12.7. The maximum Gasteiger partial charge on any atom is 0.227 e. The second kappa shape index (κ2) is 8.96. The quantitative estimate of drug-likeness (QED) is 0.631. The van der Waals surface area contributed by atoms with Crippen LogP contribution in [0, 0.1) is 6.92 Å². The Kier molecular flexibility index (Phi) is 6.41. The van der Waals surface area contributed by atoms with Crippen molar-refractivity contribution >= 4 is 28.6 Å². The van der Waals surface area contributed by atoms with Crippen molar-refractivity contribution in [1.82, 2.24) is 10.3 Å². The van der Waals surface area contributed by atoms with Gasteiger partial charge in [-0.25, -0.2) is 4.98 Å². The van der Waals surface area contributed by atoms with E-state index in [-0.39, 0.29) is 11.8 Å². The Labute approximate surface area is 161 Å². The number of thiophene rings is 1. The molecule has 0 aliphatic carbocycles. The van der Waals surface area contributed by atoms with Crippen LogP contribution < -0.4 is 10.1 Å². The van der Waals surface area contributed by atoms with E-state index in [2.05, 4.69) is 16.4 Å². The molecule has 0 saturated heterocycles. The van der Waals surface area contributed by atoms with Crippen molar-refractivity contribution in [3.8, 4) is 5.75 Å². The highest BCUT2D eigenvalue weighted by molar-refractivity contribution is 7.10. The number of nitrogens with zero attached hydrogens (tertiary/aromatic N) is 1. The lowest BCUT2D eigenvalue weighted by Gasteiger charge is -2.17. The van der Waals surface area contributed by atoms with Gasteiger partial charge in [0.1, 0.15) is 5.75 Å². The summed E-state index contributed by atoms with van der Waals surface area (Å²) in [6.07, 6.45) is 1.45. The molecule has 1 N–H and O–H groups in total. The molecular formula is C20H22N2O2S2. The molecule has 3 aromatic rings. The van der Waals surface area contributed by atoms with Gasteiger partial charge in [-0.15, -0.1) is 22.7 Å². The van der Waals surface area contributed by atoms with Crippen LogP contribution in [0.3, 0.4) is 0 Å². The van der Waals surface area contributed by atoms with E-state index in [0.717, 1.165) is 28.4 Å². The van der Waals surface area contributed by atoms with Crippen LogP contribution in [-0.4, -0.2) is 24.5 Å². The van der Waals surface area contributed by atoms with E-state index in [1.54, 1.807) is 29.8 Å². The molecule has 1 amide bonds. The van der Waals surface area contributed by atoms with Crippen LogP contribution >= 0.6 is 22.7 Å². The van der Waals surface area contributed by atoms with Gasteiger partial charge in [0.25, 0.3) is 0 Å². The average molecular weight is 387 g/mol. The van der Waals surface area contributed by atoms with Crippen LogP contribution in [0.25, 0.3) is 0 Å². The summed E-state index contributed by atoms with van der Waals surface area (Å²) >= 11 is 3.32. The Balaban J connectivity index is 1.67. The fourth-order valence-corrected chi connectivity index (χ4v) is 4.19. The molecule has 6 heteroatoms. The van der Waals surface area contributed by atoms with Gasteiger partial charge in [-0.3, -0.25) is 4.79 Å². The SMILES string of the molecule is COc1ccc(C(Cc2cccs2)C(=O)NCCc2csc(C)n2)cc1. The van der Waals surface area contributed by atoms with Crippen molar-refractivity contribution in [3.63, 3.8) is 0 Å². The number of aromatic nitrogens is 1. The molecule has 0 saturated carbocycles. The van der Waals surface area contributed by atoms with Crippen LogP contribution in [0.4, 0.5) is 0 Å². The Morgan fingerprint density at radius 2 is 2.04 bits per heavy atom. The molecular weight excluding hydrogens is 364 g/mol. The number of hydrogen-bond acceptors (Lipinski definition) is 5. The Bertz CT molecular complexity index is 826. The summed E-state index contributed by atoms with van der Waals surface area (Å²) in [5.74, 6) is 0.634. The molecule has 0 aliphatic rings. The fourth-order valence-electron chi connectivity index (χ4n) is 2.79. The van der Waals surface area contributed by atoms with Crippen LogP contribution in [0.15, 0.2) is 47.2 Å². The summed E-state index contributed by atoms with van der Waals surface area (Å²) in [4.78, 5) is 18.5. The number of hydrogen-bond donors (Lipinski definition) is 1. The number of benzene rings is 1. The maximum atomic E-state index is 12.9. The number of ether oxygens (including phenoxy) is 1. The first kappa shape index (κ1) is 18.6. The number of nitrogens with one attached hydrogen (secondary N) is 1. The number of rotatable bonds is 8. The Morgan fingerprint density at radius 1 is 1.23 bits per heavy atom. The predicted molar refractivity (Wildman–Crippen MR) is 107 cm³/mol. The van der Waals surface area contributed by atoms with Crippen molar-refractivity contribution in [2.45, 2.75) is 25.7 Å². The number of carbonyl (C=O) groups is 1. The average Bonchev–Trinajstić information content (AvgIpc) is 3.31. The van der Waals surface area contributed by atoms with E-state index in [4.69, 9.17) is 4.74 Å². The first-order valence-electron chi connectivity index (χ1n) is 8.51. The molecule has 3 rings (SSSR count). The zero-order valence-corrected chi connectivity index (χ0v) is 16.5. The number of aryl methyl sites for hydroxylation is 1. The zero-order valence-electron chi connectivity index (χ0n) is 14.9. The van der Waals surface area contributed by atoms with Crippen molar-refractivity contribution in [3.05, 3.63) is 68.3 Å². The van der Waals surface area contributed by atoms with E-state index in [1.807, 2.05) is 48.0 Å². The second-order valence-corrected chi connectivity index (χ2v) is 8.10. The first-order valence-corrected chi connectivity index (χ1v) is 10.3. The molecule has 2 aromatic heterocycles. The minimum atomic E-state index is -0.211. The van der Waals surface area contributed by atoms with Gasteiger partial charge in [-0.1, -0.05) is 18.2 Å². The smallest absolute Gasteiger partial charge is 0.227 e. The zero-order chi connectivity index (χ0) is 18.4. The van der Waals surface area contributed by atoms with Crippen molar-refractivity contribution < 1.29 is 9.53 Å². The van der Waals surface area contributed by atoms with Gasteiger partial charge in [0.2, 0.25) is 5.91 Å². The third-order valence-electron chi connectivity index (χ3n) is 4.17. The summed E-state index contributed by atoms with van der Waals surface area (Å²) in [6, 6.07) is 11.9. The van der Waals surface area contributed by atoms with Crippen LogP contribution in [-0.2, 0) is 17.6 Å². The van der Waals surface area contributed by atoms with Gasteiger partial charge in [0.15, 0.2) is 0 Å². The summed E-state index contributed by atoms with van der Waals surface area (Å²) < 4.78 is 5.23. The Hall–Kier alpha value is -2.18. The summed E-state index contributed by atoms with van der Waals surface area (Å²) in [5, 5.41) is 8.23. The normalized spacial score (nSPS) is 11.9. The topological polar surface area (TPSA) is 51.2 Å². The maximum absolute atomic E-state index is 12.9. The summed E-state index contributed by atoms with van der Waals surface area (Å²) in [6.45, 7) is 2.59. The minimum absolute atomic E-state index is 0.0514. The van der Waals surface area contributed by atoms with Gasteiger partial charge in [-0.05, 0) is 42.5 Å². The molecule has 1 aromatic carbocycles. The van der Waals surface area contributed by atoms with Crippen LogP contribution in [0.5, 0.6) is 5.75 Å². The van der Waals surface area contributed by atoms with E-state index in [9.17, 15) is 4.79 Å². The third kappa shape index (κ3) is 4.93. The molecule has 136 valence electrons. The van der Waals surface area contributed by atoms with E-state index < -0.39 is 0 Å². The third-order valence-corrected chi connectivity index (χ3v) is 5.89. The van der Waals surface area contributed by atoms with E-state index in [1.165, 1.54) is 4.88 Å². The van der Waals surface area contributed by atoms with E-state index >= 15 is 0 Å². The summed E-state index contributed by atoms with van der Waals surface area (Å²) in [5.41, 5.74) is 2.04. The molecule has 0 fully saturated rings. The molecule has 0 radical (unpaired) electrons. The highest BCUT2D eigenvalue weighted by Crippen LogP contribution is 2.25. The number of amides is 1. The minimum Gasteiger partial charge on any atom is -0.497 e. The highest BCUT2D eigenvalue weighted by atomic mass is 32.1. The van der Waals surface area contributed by atoms with Gasteiger partial charge >= 0.3 is 0 Å². The fraction of sp³-hybridized carbons (Fsp3) is 0.300. The van der Waals surface area contributed by atoms with Crippen molar-refractivity contribution in [2.24, 2.45) is 0 Å². The van der Waals surface area contributed by atoms with Gasteiger partial charge in [-0.2, -0.15) is 0 Å². The standard InChI is InChI=1S/C20H22N2O2S2/c1-14-22-16(13-26-14)9-10-21-20(23)19(12-18-4-3-11-25-18)15-5-7-17(24-2)8-6-15/h3-8,11,13,19H,9-10,12H2,1-2H3,(H,21,23). The second-order valence-electron chi connectivity index (χ2n) is 6.01. The molecule has 2 heterocycles. The monoisotopic (exact) mass is 386 g/mol. The number of methoxy groups -OCH3 is 1. The lowest BCUT2D eigenvalue weighted by atomic mass is 9.94. The van der Waals surface area contributed by atoms with Gasteiger partial charge in [0, 0.05) is 23.2 Å². The number of carbonyl (C=O) groups excluding carboxylic acids is 1. The van der Waals surface area contributed by atoms with Crippen molar-refractivity contribution in [1.29, 1.82) is 0 Å². The highest BCUT2D eigenvalue weighted by Gasteiger charge is 2.21. The van der Waals surface area contributed by atoms with Gasteiger partial charge in [0.05, 0.1) is 23.7 Å². The molecule has 26 heavy (non-hydrogen) atoms. The number of thiazole rings is 1. The molecule has 4 nitrogen and oxygen atoms in total. The lowest BCUT2D eigenvalue weighted by molar-refractivity contribution is -0.122.